The Kier molecular flexibility index (Phi) is 5.11. The summed E-state index contributed by atoms with van der Waals surface area (Å²) in [5.74, 6) is 0.267. The highest BCUT2D eigenvalue weighted by atomic mass is 16.5. The first kappa shape index (κ1) is 17.1. The van der Waals surface area contributed by atoms with Crippen LogP contribution in [0.3, 0.4) is 0 Å². The first-order valence-corrected chi connectivity index (χ1v) is 8.41. The van der Waals surface area contributed by atoms with Gasteiger partial charge in [-0.1, -0.05) is 22.9 Å². The van der Waals surface area contributed by atoms with E-state index in [1.165, 1.54) is 6.39 Å². The van der Waals surface area contributed by atoms with Gasteiger partial charge in [0, 0.05) is 25.7 Å². The zero-order chi connectivity index (χ0) is 17.8. The lowest BCUT2D eigenvalue weighted by Gasteiger charge is -2.33. The van der Waals surface area contributed by atoms with E-state index in [9.17, 15) is 9.59 Å². The maximum Gasteiger partial charge on any atom is 0.253 e. The van der Waals surface area contributed by atoms with Crippen molar-refractivity contribution in [3.05, 3.63) is 47.6 Å². The number of carbonyl (C=O) groups is 2. The van der Waals surface area contributed by atoms with Crippen LogP contribution in [0.15, 0.2) is 35.2 Å². The van der Waals surface area contributed by atoms with Crippen molar-refractivity contribution in [1.29, 1.82) is 0 Å². The number of aromatic nitrogens is 2. The molecule has 0 aliphatic carbocycles. The lowest BCUT2D eigenvalue weighted by Crippen LogP contribution is -2.45. The smallest absolute Gasteiger partial charge is 0.253 e. The highest BCUT2D eigenvalue weighted by Gasteiger charge is 2.30. The molecule has 1 atom stereocenters. The molecule has 3 rings (SSSR count). The minimum absolute atomic E-state index is 0.00575. The summed E-state index contributed by atoms with van der Waals surface area (Å²) in [6.45, 7) is 3.42. The number of hydrogen-bond donors (Lipinski definition) is 0. The van der Waals surface area contributed by atoms with E-state index < -0.39 is 0 Å². The first-order chi connectivity index (χ1) is 12.0. The summed E-state index contributed by atoms with van der Waals surface area (Å²) in [5, 5.41) is 3.73. The van der Waals surface area contributed by atoms with Crippen molar-refractivity contribution < 1.29 is 14.1 Å². The molecule has 0 N–H and O–H groups in total. The normalized spacial score (nSPS) is 17.4. The third-order valence-electron chi connectivity index (χ3n) is 4.52. The molecule has 2 heterocycles. The highest BCUT2D eigenvalue weighted by molar-refractivity contribution is 5.94. The van der Waals surface area contributed by atoms with Crippen LogP contribution in [0.1, 0.15) is 34.6 Å². The van der Waals surface area contributed by atoms with E-state index in [2.05, 4.69) is 10.1 Å². The molecule has 1 aliphatic heterocycles. The van der Waals surface area contributed by atoms with Crippen molar-refractivity contribution >= 4 is 11.8 Å². The van der Waals surface area contributed by atoms with E-state index >= 15 is 0 Å². The molecular weight excluding hydrogens is 320 g/mol. The molecule has 2 aromatic rings. The van der Waals surface area contributed by atoms with Crippen molar-refractivity contribution in [3.8, 4) is 0 Å². The quantitative estimate of drug-likeness (QED) is 0.848. The van der Waals surface area contributed by atoms with Crippen molar-refractivity contribution in [1.82, 2.24) is 19.9 Å². The number of amides is 2. The van der Waals surface area contributed by atoms with Gasteiger partial charge in [-0.15, -0.1) is 0 Å². The molecule has 132 valence electrons. The van der Waals surface area contributed by atoms with Crippen molar-refractivity contribution in [2.24, 2.45) is 5.92 Å². The number of piperidine rings is 1. The van der Waals surface area contributed by atoms with Gasteiger partial charge in [0.1, 0.15) is 0 Å². The molecule has 7 nitrogen and oxygen atoms in total. The van der Waals surface area contributed by atoms with Crippen LogP contribution < -0.4 is 0 Å². The molecule has 1 aromatic carbocycles. The zero-order valence-electron chi connectivity index (χ0n) is 14.5. The molecule has 0 spiro atoms. The first-order valence-electron chi connectivity index (χ1n) is 8.41. The fourth-order valence-electron chi connectivity index (χ4n) is 3.11. The Hall–Kier alpha value is -2.70. The summed E-state index contributed by atoms with van der Waals surface area (Å²) in [7, 11) is 1.72. The van der Waals surface area contributed by atoms with Gasteiger partial charge >= 0.3 is 0 Å². The van der Waals surface area contributed by atoms with Gasteiger partial charge < -0.3 is 14.3 Å². The summed E-state index contributed by atoms with van der Waals surface area (Å²) in [4.78, 5) is 32.7. The van der Waals surface area contributed by atoms with E-state index in [4.69, 9.17) is 4.52 Å². The summed E-state index contributed by atoms with van der Waals surface area (Å²) in [6.07, 6.45) is 2.85. The van der Waals surface area contributed by atoms with Crippen LogP contribution in [0.2, 0.25) is 0 Å². The fraction of sp³-hybridized carbons (Fsp3) is 0.444. The van der Waals surface area contributed by atoms with Crippen LogP contribution in [0, 0.1) is 12.8 Å². The molecule has 0 radical (unpaired) electrons. The molecule has 1 saturated heterocycles. The number of likely N-dealkylation sites (tertiary alicyclic amines) is 1. The Balaban J connectivity index is 1.63. The van der Waals surface area contributed by atoms with Gasteiger partial charge in [0.2, 0.25) is 12.3 Å². The Labute approximate surface area is 146 Å². The van der Waals surface area contributed by atoms with Crippen LogP contribution >= 0.6 is 0 Å². The number of rotatable bonds is 4. The predicted molar refractivity (Wildman–Crippen MR) is 90.6 cm³/mol. The van der Waals surface area contributed by atoms with E-state index in [1.54, 1.807) is 16.8 Å². The van der Waals surface area contributed by atoms with Crippen molar-refractivity contribution in [2.45, 2.75) is 26.3 Å². The number of aryl methyl sites for hydroxylation is 1. The van der Waals surface area contributed by atoms with E-state index in [0.717, 1.165) is 18.4 Å². The molecule has 0 saturated carbocycles. The van der Waals surface area contributed by atoms with Crippen molar-refractivity contribution in [3.63, 3.8) is 0 Å². The van der Waals surface area contributed by atoms with Crippen LogP contribution in [0.4, 0.5) is 0 Å². The fourth-order valence-corrected chi connectivity index (χ4v) is 3.11. The van der Waals surface area contributed by atoms with Crippen LogP contribution in [-0.2, 0) is 11.3 Å². The number of hydrogen-bond acceptors (Lipinski definition) is 5. The Bertz CT molecular complexity index is 727. The Morgan fingerprint density at radius 2 is 2.08 bits per heavy atom. The van der Waals surface area contributed by atoms with Gasteiger partial charge in [-0.3, -0.25) is 9.59 Å². The summed E-state index contributed by atoms with van der Waals surface area (Å²) in [6, 6.07) is 7.54. The van der Waals surface area contributed by atoms with Gasteiger partial charge in [-0.05, 0) is 31.9 Å². The second kappa shape index (κ2) is 7.46. The SMILES string of the molecule is Cc1ccc(C(=O)N2CCC[C@@H](C(=O)N(C)Cc3ncon3)C2)cc1. The second-order valence-corrected chi connectivity index (χ2v) is 6.50. The van der Waals surface area contributed by atoms with Crippen LogP contribution in [0.5, 0.6) is 0 Å². The molecule has 2 amide bonds. The summed E-state index contributed by atoms with van der Waals surface area (Å²) in [5.41, 5.74) is 1.78. The lowest BCUT2D eigenvalue weighted by atomic mass is 9.96. The van der Waals surface area contributed by atoms with Gasteiger partial charge in [0.05, 0.1) is 12.5 Å². The largest absolute Gasteiger partial charge is 0.343 e. The monoisotopic (exact) mass is 342 g/mol. The lowest BCUT2D eigenvalue weighted by molar-refractivity contribution is -0.136. The van der Waals surface area contributed by atoms with Crippen molar-refractivity contribution in [2.75, 3.05) is 20.1 Å². The van der Waals surface area contributed by atoms with E-state index in [-0.39, 0.29) is 17.7 Å². The van der Waals surface area contributed by atoms with Crippen LogP contribution in [-0.4, -0.2) is 51.9 Å². The van der Waals surface area contributed by atoms with Gasteiger partial charge in [0.15, 0.2) is 5.82 Å². The number of carbonyl (C=O) groups excluding carboxylic acids is 2. The molecule has 1 fully saturated rings. The number of benzene rings is 1. The topological polar surface area (TPSA) is 79.5 Å². The molecule has 25 heavy (non-hydrogen) atoms. The zero-order valence-corrected chi connectivity index (χ0v) is 14.5. The average molecular weight is 342 g/mol. The second-order valence-electron chi connectivity index (χ2n) is 6.50. The minimum atomic E-state index is -0.194. The molecule has 0 unspecified atom stereocenters. The highest BCUT2D eigenvalue weighted by Crippen LogP contribution is 2.21. The van der Waals surface area contributed by atoms with Gasteiger partial charge in [-0.25, -0.2) is 0 Å². The van der Waals surface area contributed by atoms with Gasteiger partial charge in [-0.2, -0.15) is 4.98 Å². The predicted octanol–water partition coefficient (Wildman–Crippen LogP) is 1.89. The maximum atomic E-state index is 12.7. The molecule has 0 bridgehead atoms. The van der Waals surface area contributed by atoms with Crippen LogP contribution in [0.25, 0.3) is 0 Å². The molecule has 7 heteroatoms. The molecule has 1 aliphatic rings. The summed E-state index contributed by atoms with van der Waals surface area (Å²) >= 11 is 0. The third-order valence-corrected chi connectivity index (χ3v) is 4.52. The van der Waals surface area contributed by atoms with E-state index in [0.29, 0.717) is 31.0 Å². The van der Waals surface area contributed by atoms with E-state index in [1.807, 2.05) is 31.2 Å². The molecular formula is C18H22N4O3. The average Bonchev–Trinajstić information content (AvgIpc) is 3.14. The summed E-state index contributed by atoms with van der Waals surface area (Å²) < 4.78 is 4.69. The third kappa shape index (κ3) is 4.04. The Morgan fingerprint density at radius 1 is 1.32 bits per heavy atom. The standard InChI is InChI=1S/C18H22N4O3/c1-13-5-7-14(8-6-13)18(24)22-9-3-4-15(10-22)17(23)21(2)11-16-19-12-25-20-16/h5-8,12,15H,3-4,9-11H2,1-2H3/t15-/m1/s1. The number of nitrogens with zero attached hydrogens (tertiary/aromatic N) is 4. The van der Waals surface area contributed by atoms with Gasteiger partial charge in [0.25, 0.3) is 5.91 Å². The molecule has 1 aromatic heterocycles. The minimum Gasteiger partial charge on any atom is -0.343 e. The Morgan fingerprint density at radius 3 is 2.76 bits per heavy atom. The maximum absolute atomic E-state index is 12.7.